The highest BCUT2D eigenvalue weighted by Gasteiger charge is 2.16. The lowest BCUT2D eigenvalue weighted by atomic mass is 10.0. The molecule has 4 nitrogen and oxygen atoms in total. The van der Waals surface area contributed by atoms with Crippen LogP contribution in [0.1, 0.15) is 32.6 Å². The number of carbonyl (C=O) groups excluding carboxylic acids is 1. The minimum Gasteiger partial charge on any atom is -0.341 e. The molecule has 0 aliphatic carbocycles. The molecule has 2 amide bonds. The van der Waals surface area contributed by atoms with Gasteiger partial charge in [0.05, 0.1) is 0 Å². The predicted octanol–water partition coefficient (Wildman–Crippen LogP) is 1.18. The van der Waals surface area contributed by atoms with E-state index < -0.39 is 0 Å². The van der Waals surface area contributed by atoms with Gasteiger partial charge in [0.15, 0.2) is 0 Å². The second-order valence-corrected chi connectivity index (χ2v) is 4.24. The SMILES string of the molecule is CNC(=O)NCCCN1CCCCC1C. The third kappa shape index (κ3) is 4.51. The number of nitrogens with zero attached hydrogens (tertiary/aromatic N) is 1. The summed E-state index contributed by atoms with van der Waals surface area (Å²) >= 11 is 0. The Kier molecular flexibility index (Phi) is 5.47. The molecule has 2 N–H and O–H groups in total. The van der Waals surface area contributed by atoms with Gasteiger partial charge in [0.2, 0.25) is 0 Å². The molecule has 0 spiro atoms. The lowest BCUT2D eigenvalue weighted by Gasteiger charge is -2.33. The average molecular weight is 213 g/mol. The molecule has 0 aromatic heterocycles. The van der Waals surface area contributed by atoms with Crippen molar-refractivity contribution < 1.29 is 4.79 Å². The summed E-state index contributed by atoms with van der Waals surface area (Å²) in [4.78, 5) is 13.4. The smallest absolute Gasteiger partial charge is 0.314 e. The molecule has 0 radical (unpaired) electrons. The highest BCUT2D eigenvalue weighted by Crippen LogP contribution is 2.15. The predicted molar refractivity (Wildman–Crippen MR) is 62.0 cm³/mol. The number of hydrogen-bond donors (Lipinski definition) is 2. The molecule has 0 bridgehead atoms. The number of likely N-dealkylation sites (tertiary alicyclic amines) is 1. The van der Waals surface area contributed by atoms with Crippen molar-refractivity contribution in [1.29, 1.82) is 0 Å². The number of hydrogen-bond acceptors (Lipinski definition) is 2. The maximum atomic E-state index is 10.9. The third-order valence-corrected chi connectivity index (χ3v) is 3.08. The molecule has 1 fully saturated rings. The Morgan fingerprint density at radius 3 is 2.93 bits per heavy atom. The van der Waals surface area contributed by atoms with E-state index >= 15 is 0 Å². The first-order chi connectivity index (χ1) is 7.24. The molecule has 0 saturated carbocycles. The van der Waals surface area contributed by atoms with E-state index in [0.29, 0.717) is 0 Å². The summed E-state index contributed by atoms with van der Waals surface area (Å²) in [6.07, 6.45) is 5.06. The second-order valence-electron chi connectivity index (χ2n) is 4.24. The van der Waals surface area contributed by atoms with Crippen molar-refractivity contribution in [2.75, 3.05) is 26.7 Å². The average Bonchev–Trinajstić information content (AvgIpc) is 2.26. The molecule has 1 aliphatic heterocycles. The molecule has 0 aromatic rings. The highest BCUT2D eigenvalue weighted by atomic mass is 16.2. The molecular weight excluding hydrogens is 190 g/mol. The number of amides is 2. The van der Waals surface area contributed by atoms with Crippen LogP contribution < -0.4 is 10.6 Å². The summed E-state index contributed by atoms with van der Waals surface area (Å²) in [7, 11) is 1.64. The van der Waals surface area contributed by atoms with Crippen LogP contribution in [0.15, 0.2) is 0 Å². The first-order valence-corrected chi connectivity index (χ1v) is 5.93. The fourth-order valence-electron chi connectivity index (χ4n) is 2.06. The Bertz CT molecular complexity index is 196. The van der Waals surface area contributed by atoms with Crippen molar-refractivity contribution in [3.8, 4) is 0 Å². The van der Waals surface area contributed by atoms with Crippen LogP contribution in [0.5, 0.6) is 0 Å². The first-order valence-electron chi connectivity index (χ1n) is 5.93. The molecule has 88 valence electrons. The van der Waals surface area contributed by atoms with Gasteiger partial charge >= 0.3 is 6.03 Å². The van der Waals surface area contributed by atoms with Gasteiger partial charge in [-0.15, -0.1) is 0 Å². The summed E-state index contributed by atoms with van der Waals surface area (Å²) in [6, 6.07) is 0.639. The minimum atomic E-state index is -0.0818. The van der Waals surface area contributed by atoms with Gasteiger partial charge in [-0.2, -0.15) is 0 Å². The maximum Gasteiger partial charge on any atom is 0.314 e. The van der Waals surface area contributed by atoms with E-state index in [1.54, 1.807) is 7.05 Å². The zero-order valence-electron chi connectivity index (χ0n) is 9.88. The quantitative estimate of drug-likeness (QED) is 0.689. The molecular formula is C11H23N3O. The first kappa shape index (κ1) is 12.3. The van der Waals surface area contributed by atoms with E-state index in [2.05, 4.69) is 22.5 Å². The van der Waals surface area contributed by atoms with Crippen LogP contribution in [0.3, 0.4) is 0 Å². The van der Waals surface area contributed by atoms with Crippen LogP contribution in [0.4, 0.5) is 4.79 Å². The monoisotopic (exact) mass is 213 g/mol. The van der Waals surface area contributed by atoms with Gasteiger partial charge in [-0.05, 0) is 32.7 Å². The Hall–Kier alpha value is -0.770. The summed E-state index contributed by atoms with van der Waals surface area (Å²) < 4.78 is 0. The molecule has 4 heteroatoms. The lowest BCUT2D eigenvalue weighted by molar-refractivity contribution is 0.159. The summed E-state index contributed by atoms with van der Waals surface area (Å²) in [6.45, 7) is 5.39. The van der Waals surface area contributed by atoms with Crippen molar-refractivity contribution in [2.24, 2.45) is 0 Å². The van der Waals surface area contributed by atoms with Crippen LogP contribution in [0, 0.1) is 0 Å². The zero-order chi connectivity index (χ0) is 11.1. The van der Waals surface area contributed by atoms with Crippen LogP contribution in [-0.2, 0) is 0 Å². The normalized spacial score (nSPS) is 22.4. The van der Waals surface area contributed by atoms with E-state index in [9.17, 15) is 4.79 Å². The van der Waals surface area contributed by atoms with Crippen molar-refractivity contribution in [1.82, 2.24) is 15.5 Å². The van der Waals surface area contributed by atoms with Crippen LogP contribution in [-0.4, -0.2) is 43.7 Å². The fraction of sp³-hybridized carbons (Fsp3) is 0.909. The largest absolute Gasteiger partial charge is 0.341 e. The van der Waals surface area contributed by atoms with E-state index in [4.69, 9.17) is 0 Å². The van der Waals surface area contributed by atoms with Crippen LogP contribution in [0.2, 0.25) is 0 Å². The number of carbonyl (C=O) groups is 1. The Morgan fingerprint density at radius 2 is 2.27 bits per heavy atom. The van der Waals surface area contributed by atoms with Crippen molar-refractivity contribution in [3.05, 3.63) is 0 Å². The second kappa shape index (κ2) is 6.67. The summed E-state index contributed by atoms with van der Waals surface area (Å²) in [5.74, 6) is 0. The van der Waals surface area contributed by atoms with Crippen molar-refractivity contribution >= 4 is 6.03 Å². The molecule has 1 atom stereocenters. The van der Waals surface area contributed by atoms with Gasteiger partial charge in [0.1, 0.15) is 0 Å². The summed E-state index contributed by atoms with van der Waals surface area (Å²) in [5.41, 5.74) is 0. The van der Waals surface area contributed by atoms with Gasteiger partial charge in [-0.25, -0.2) is 4.79 Å². The topological polar surface area (TPSA) is 44.4 Å². The lowest BCUT2D eigenvalue weighted by Crippen LogP contribution is -2.40. The fourth-order valence-corrected chi connectivity index (χ4v) is 2.06. The molecule has 1 saturated heterocycles. The number of urea groups is 1. The Labute approximate surface area is 92.4 Å². The van der Waals surface area contributed by atoms with Crippen LogP contribution >= 0.6 is 0 Å². The van der Waals surface area contributed by atoms with Crippen LogP contribution in [0.25, 0.3) is 0 Å². The van der Waals surface area contributed by atoms with Gasteiger partial charge in [0.25, 0.3) is 0 Å². The van der Waals surface area contributed by atoms with E-state index in [0.717, 1.165) is 25.6 Å². The van der Waals surface area contributed by atoms with Gasteiger partial charge in [-0.1, -0.05) is 6.42 Å². The molecule has 1 aliphatic rings. The van der Waals surface area contributed by atoms with Crippen molar-refractivity contribution in [3.63, 3.8) is 0 Å². The van der Waals surface area contributed by atoms with E-state index in [1.165, 1.54) is 25.8 Å². The molecule has 1 heterocycles. The Morgan fingerprint density at radius 1 is 1.47 bits per heavy atom. The zero-order valence-corrected chi connectivity index (χ0v) is 9.88. The Balaban J connectivity index is 2.06. The van der Waals surface area contributed by atoms with Gasteiger partial charge < -0.3 is 15.5 Å². The van der Waals surface area contributed by atoms with Gasteiger partial charge in [-0.3, -0.25) is 0 Å². The van der Waals surface area contributed by atoms with Crippen molar-refractivity contribution in [2.45, 2.75) is 38.6 Å². The molecule has 1 unspecified atom stereocenters. The number of rotatable bonds is 4. The summed E-state index contributed by atoms with van der Waals surface area (Å²) in [5, 5.41) is 5.36. The van der Waals surface area contributed by atoms with E-state index in [1.807, 2.05) is 0 Å². The van der Waals surface area contributed by atoms with E-state index in [-0.39, 0.29) is 6.03 Å². The molecule has 1 rings (SSSR count). The highest BCUT2D eigenvalue weighted by molar-refractivity contribution is 5.73. The molecule has 0 aromatic carbocycles. The third-order valence-electron chi connectivity index (χ3n) is 3.08. The number of piperidine rings is 1. The number of nitrogens with one attached hydrogen (secondary N) is 2. The maximum absolute atomic E-state index is 10.9. The standard InChI is InChI=1S/C11H23N3O/c1-10-6-3-4-8-14(10)9-5-7-13-11(15)12-2/h10H,3-9H2,1-2H3,(H2,12,13,15). The molecule has 15 heavy (non-hydrogen) atoms. The van der Waals surface area contributed by atoms with Gasteiger partial charge in [0, 0.05) is 26.2 Å². The minimum absolute atomic E-state index is 0.0818.